The predicted molar refractivity (Wildman–Crippen MR) is 84.5 cm³/mol. The van der Waals surface area contributed by atoms with Crippen molar-refractivity contribution >= 4 is 25.6 Å². The molecule has 2 radical (unpaired) electrons. The Morgan fingerprint density at radius 1 is 1.31 bits per heavy atom. The zero-order valence-corrected chi connectivity index (χ0v) is 13.4. The fourth-order valence-corrected chi connectivity index (χ4v) is 2.34. The van der Waals surface area contributed by atoms with Crippen LogP contribution in [0.25, 0.3) is 0 Å². The zero-order valence-electron chi connectivity index (χ0n) is 13.4. The number of primary amides is 1. The van der Waals surface area contributed by atoms with Crippen LogP contribution in [-0.2, 0) is 20.9 Å². The van der Waals surface area contributed by atoms with E-state index in [0.717, 1.165) is 0 Å². The number of carbonyl (C=O) groups is 3. The van der Waals surface area contributed by atoms with Gasteiger partial charge in [0, 0.05) is 6.42 Å². The van der Waals surface area contributed by atoms with Crippen LogP contribution in [-0.4, -0.2) is 65.5 Å². The maximum Gasteiger partial charge on any atom is 0.333 e. The van der Waals surface area contributed by atoms with Crippen molar-refractivity contribution in [1.29, 1.82) is 0 Å². The lowest BCUT2D eigenvalue weighted by Gasteiger charge is -2.35. The van der Waals surface area contributed by atoms with Gasteiger partial charge in [0.05, 0.1) is 11.7 Å². The van der Waals surface area contributed by atoms with Crippen LogP contribution in [0.15, 0.2) is 18.2 Å². The van der Waals surface area contributed by atoms with Crippen LogP contribution in [0.4, 0.5) is 4.79 Å². The molecule has 138 valence electrons. The number of hydrogen-bond acceptors (Lipinski definition) is 8. The number of aliphatic hydroxyl groups is 2. The first-order valence-electron chi connectivity index (χ1n) is 7.45. The molecule has 11 heteroatoms. The van der Waals surface area contributed by atoms with Crippen LogP contribution in [0.3, 0.4) is 0 Å². The second-order valence-electron chi connectivity index (χ2n) is 5.55. The van der Waals surface area contributed by atoms with E-state index in [1.54, 1.807) is 0 Å². The van der Waals surface area contributed by atoms with Crippen LogP contribution >= 0.6 is 0 Å². The molecule has 1 aromatic rings. The summed E-state index contributed by atoms with van der Waals surface area (Å²) in [5.41, 5.74) is 5.54. The second-order valence-corrected chi connectivity index (χ2v) is 5.55. The molecule has 0 aliphatic carbocycles. The van der Waals surface area contributed by atoms with Crippen LogP contribution in [0.1, 0.15) is 22.3 Å². The molecule has 1 fully saturated rings. The van der Waals surface area contributed by atoms with Gasteiger partial charge in [0.2, 0.25) is 20.0 Å². The van der Waals surface area contributed by atoms with Gasteiger partial charge in [0.1, 0.15) is 18.5 Å². The van der Waals surface area contributed by atoms with Gasteiger partial charge in [-0.2, -0.15) is 0 Å². The number of benzene rings is 1. The van der Waals surface area contributed by atoms with Gasteiger partial charge in [-0.3, -0.25) is 9.59 Å². The van der Waals surface area contributed by atoms with Crippen LogP contribution < -0.4 is 10.5 Å². The Morgan fingerprint density at radius 2 is 2.00 bits per heavy atom. The average Bonchev–Trinajstić information content (AvgIpc) is 2.57. The molecule has 4 atom stereocenters. The third kappa shape index (κ3) is 4.72. The first-order valence-corrected chi connectivity index (χ1v) is 7.45. The minimum atomic E-state index is -1.54. The highest BCUT2D eigenvalue weighted by molar-refractivity contribution is 6.55. The number of nitrogens with two attached hydrogens (primary N) is 1. The van der Waals surface area contributed by atoms with E-state index in [1.165, 1.54) is 18.2 Å². The molecule has 0 saturated carbocycles. The zero-order chi connectivity index (χ0) is 19.4. The quantitative estimate of drug-likeness (QED) is 0.457. The number of carboxylic acid groups (broad SMARTS) is 1. The highest BCUT2D eigenvalue weighted by atomic mass is 16.7. The van der Waals surface area contributed by atoms with Crippen LogP contribution in [0, 0.1) is 0 Å². The Morgan fingerprint density at radius 3 is 2.58 bits per heavy atom. The lowest BCUT2D eigenvalue weighted by Crippen LogP contribution is -2.52. The highest BCUT2D eigenvalue weighted by Gasteiger charge is 2.41. The Kier molecular flexibility index (Phi) is 6.19. The summed E-state index contributed by atoms with van der Waals surface area (Å²) >= 11 is 0. The third-order valence-electron chi connectivity index (χ3n) is 3.64. The van der Waals surface area contributed by atoms with Gasteiger partial charge in [0.25, 0.3) is 5.91 Å². The summed E-state index contributed by atoms with van der Waals surface area (Å²) in [5, 5.41) is 28.7. The second kappa shape index (κ2) is 8.17. The smallest absolute Gasteiger partial charge is 0.333 e. The highest BCUT2D eigenvalue weighted by Crippen LogP contribution is 2.27. The molecule has 1 amide bonds. The van der Waals surface area contributed by atoms with E-state index in [-0.39, 0.29) is 24.3 Å². The normalized spacial score (nSPS) is 25.3. The molecule has 1 unspecified atom stereocenters. The van der Waals surface area contributed by atoms with Crippen molar-refractivity contribution < 1.29 is 43.9 Å². The Bertz CT molecular complexity index is 710. The number of carboxylic acids is 1. The van der Waals surface area contributed by atoms with Gasteiger partial charge in [-0.25, -0.2) is 4.79 Å². The number of aliphatic hydroxyl groups excluding tert-OH is 2. The van der Waals surface area contributed by atoms with Crippen LogP contribution in [0.2, 0.25) is 0 Å². The maximum atomic E-state index is 11.6. The predicted octanol–water partition coefficient (Wildman–Crippen LogP) is -1.11. The molecule has 10 nitrogen and oxygen atoms in total. The van der Waals surface area contributed by atoms with Crippen LogP contribution in [0.5, 0.6) is 5.75 Å². The van der Waals surface area contributed by atoms with Crippen molar-refractivity contribution in [2.45, 2.75) is 37.6 Å². The molecule has 1 aliphatic rings. The summed E-state index contributed by atoms with van der Waals surface area (Å²) in [6.45, 7) is -0.210. The fraction of sp³-hybridized carbons (Fsp3) is 0.400. The summed E-state index contributed by atoms with van der Waals surface area (Å²) in [6, 6.07) is 4.01. The number of rotatable bonds is 6. The molecule has 0 aromatic heterocycles. The van der Waals surface area contributed by atoms with Gasteiger partial charge in [-0.15, -0.1) is 0 Å². The molecule has 1 aromatic carbocycles. The van der Waals surface area contributed by atoms with Gasteiger partial charge in [-0.1, -0.05) is 6.07 Å². The molecule has 5 N–H and O–H groups in total. The molecular weight excluding hydrogens is 349 g/mol. The minimum Gasteiger partial charge on any atom is -0.479 e. The van der Waals surface area contributed by atoms with Gasteiger partial charge in [0.15, 0.2) is 6.10 Å². The van der Waals surface area contributed by atoms with Crippen molar-refractivity contribution in [3.63, 3.8) is 0 Å². The molecule has 2 rings (SSSR count). The molecule has 0 bridgehead atoms. The maximum absolute atomic E-state index is 11.6. The van der Waals surface area contributed by atoms with Crippen molar-refractivity contribution in [2.24, 2.45) is 5.73 Å². The largest absolute Gasteiger partial charge is 0.479 e. The molecule has 1 heterocycles. The van der Waals surface area contributed by atoms with Crippen molar-refractivity contribution in [3.8, 4) is 5.75 Å². The van der Waals surface area contributed by atoms with E-state index in [1.807, 2.05) is 0 Å². The average molecular weight is 365 g/mol. The summed E-state index contributed by atoms with van der Waals surface area (Å²) in [4.78, 5) is 33.3. The number of ether oxygens (including phenoxy) is 3. The van der Waals surface area contributed by atoms with E-state index in [9.17, 15) is 24.6 Å². The molecule has 26 heavy (non-hydrogen) atoms. The molecule has 1 saturated heterocycles. The van der Waals surface area contributed by atoms with Gasteiger partial charge >= 0.3 is 5.97 Å². The fourth-order valence-electron chi connectivity index (χ4n) is 2.34. The Balaban J connectivity index is 2.22. The minimum absolute atomic E-state index is 0.109. The van der Waals surface area contributed by atoms with E-state index in [2.05, 4.69) is 4.74 Å². The first kappa shape index (κ1) is 19.7. The van der Waals surface area contributed by atoms with Crippen molar-refractivity contribution in [1.82, 2.24) is 0 Å². The van der Waals surface area contributed by atoms with E-state index < -0.39 is 42.3 Å². The van der Waals surface area contributed by atoms with Gasteiger partial charge < -0.3 is 35.3 Å². The summed E-state index contributed by atoms with van der Waals surface area (Å²) < 4.78 is 15.1. The molecule has 0 spiro atoms. The lowest BCUT2D eigenvalue weighted by atomic mass is 10.0. The summed E-state index contributed by atoms with van der Waals surface area (Å²) in [6.07, 6.45) is -6.17. The van der Waals surface area contributed by atoms with Crippen molar-refractivity contribution in [2.75, 3.05) is 0 Å². The van der Waals surface area contributed by atoms with E-state index in [4.69, 9.17) is 28.2 Å². The Labute approximate surface area is 148 Å². The summed E-state index contributed by atoms with van der Waals surface area (Å²) in [7, 11) is 4.86. The van der Waals surface area contributed by atoms with Crippen molar-refractivity contribution in [3.05, 3.63) is 29.3 Å². The molecular formula is C15H16BNO9. The number of aliphatic carboxylic acids is 1. The first-order chi connectivity index (χ1) is 12.2. The topological polar surface area (TPSA) is 166 Å². The SMILES string of the molecule is [B]C(=O)OCc1ccc(OC2O[C@H](C(=O)O)C[C@H](O)[C@H]2O)c(C(N)=O)c1. The monoisotopic (exact) mass is 365 g/mol. The molecule has 1 aliphatic heterocycles. The standard InChI is InChI=1S/C15H16BNO9/c16-15(23)24-5-6-1-2-9(7(3-6)12(17)20)25-14-11(19)8(18)4-10(26-14)13(21)22/h1-3,8,10-11,14,18-19H,4-5H2,(H2,17,20)(H,21,22)/t8-,10-,11+,14?/m0/s1. The summed E-state index contributed by atoms with van der Waals surface area (Å²) in [5.74, 6) is -3.33. The van der Waals surface area contributed by atoms with Gasteiger partial charge in [-0.05, 0) is 17.7 Å². The Hall–Kier alpha value is -2.63. The number of hydrogen-bond donors (Lipinski definition) is 4. The number of carbonyl (C=O) groups excluding carboxylic acids is 2. The number of amides is 1. The van der Waals surface area contributed by atoms with E-state index in [0.29, 0.717) is 5.56 Å². The third-order valence-corrected chi connectivity index (χ3v) is 3.64. The van der Waals surface area contributed by atoms with E-state index >= 15 is 0 Å². The lowest BCUT2D eigenvalue weighted by molar-refractivity contribution is -0.238.